The van der Waals surface area contributed by atoms with Gasteiger partial charge in [0, 0.05) is 24.3 Å². The summed E-state index contributed by atoms with van der Waals surface area (Å²) in [6, 6.07) is 7.90. The number of nitrogens with zero attached hydrogens (tertiary/aromatic N) is 1. The van der Waals surface area contributed by atoms with Crippen LogP contribution in [0.5, 0.6) is 0 Å². The molecule has 3 rings (SSSR count). The molecule has 0 aliphatic heterocycles. The second kappa shape index (κ2) is 6.31. The van der Waals surface area contributed by atoms with Gasteiger partial charge in [0.25, 0.3) is 0 Å². The maximum atomic E-state index is 12.0. The normalized spacial score (nSPS) is 12.9. The third kappa shape index (κ3) is 2.52. The van der Waals surface area contributed by atoms with Crippen LogP contribution in [0, 0.1) is 6.92 Å². The number of thiophene rings is 1. The van der Waals surface area contributed by atoms with Gasteiger partial charge in [-0.15, -0.1) is 11.3 Å². The summed E-state index contributed by atoms with van der Waals surface area (Å²) in [5.74, 6) is -0.342. The fourth-order valence-electron chi connectivity index (χ4n) is 2.93. The van der Waals surface area contributed by atoms with Crippen LogP contribution in [0.15, 0.2) is 24.3 Å². The minimum Gasteiger partial charge on any atom is -0.465 e. The third-order valence-corrected chi connectivity index (χ3v) is 5.30. The Morgan fingerprint density at radius 3 is 2.78 bits per heavy atom. The monoisotopic (exact) mass is 333 g/mol. The zero-order valence-corrected chi connectivity index (χ0v) is 14.1. The van der Waals surface area contributed by atoms with Gasteiger partial charge in [-0.25, -0.2) is 4.79 Å². The number of aliphatic hydroxyl groups excluding tert-OH is 1. The maximum Gasteiger partial charge on any atom is 0.348 e. The largest absolute Gasteiger partial charge is 0.465 e. The van der Waals surface area contributed by atoms with E-state index in [2.05, 4.69) is 0 Å². The Morgan fingerprint density at radius 2 is 2.09 bits per heavy atom. The fraction of sp³-hybridized carbons (Fsp3) is 0.353. The predicted molar refractivity (Wildman–Crippen MR) is 91.1 cm³/mol. The topological polar surface area (TPSA) is 60.7 Å². The van der Waals surface area contributed by atoms with Crippen molar-refractivity contribution in [2.45, 2.75) is 19.6 Å². The number of methoxy groups -OCH3 is 2. The van der Waals surface area contributed by atoms with Gasteiger partial charge in [-0.2, -0.15) is 0 Å². The molecular weight excluding hydrogens is 314 g/mol. The smallest absolute Gasteiger partial charge is 0.348 e. The molecular formula is C17H19NO4S. The summed E-state index contributed by atoms with van der Waals surface area (Å²) in [5, 5.41) is 12.6. The van der Waals surface area contributed by atoms with Crippen molar-refractivity contribution in [3.05, 3.63) is 34.7 Å². The van der Waals surface area contributed by atoms with Gasteiger partial charge in [0.2, 0.25) is 0 Å². The van der Waals surface area contributed by atoms with Crippen molar-refractivity contribution in [2.75, 3.05) is 20.8 Å². The number of fused-ring (bicyclic) bond motifs is 3. The van der Waals surface area contributed by atoms with E-state index in [0.717, 1.165) is 26.7 Å². The molecule has 3 aromatic rings. The van der Waals surface area contributed by atoms with E-state index in [1.807, 2.05) is 35.8 Å². The number of benzene rings is 1. The molecule has 122 valence electrons. The molecule has 0 radical (unpaired) electrons. The van der Waals surface area contributed by atoms with Crippen LogP contribution in [0.2, 0.25) is 0 Å². The van der Waals surface area contributed by atoms with E-state index in [1.165, 1.54) is 18.4 Å². The highest BCUT2D eigenvalue weighted by Crippen LogP contribution is 2.40. The van der Waals surface area contributed by atoms with Crippen molar-refractivity contribution in [1.29, 1.82) is 0 Å². The summed E-state index contributed by atoms with van der Waals surface area (Å²) in [4.78, 5) is 13.4. The second-order valence-electron chi connectivity index (χ2n) is 5.38. The maximum absolute atomic E-state index is 12.0. The van der Waals surface area contributed by atoms with Crippen molar-refractivity contribution < 1.29 is 19.4 Å². The number of aromatic nitrogens is 1. The van der Waals surface area contributed by atoms with Gasteiger partial charge in [-0.05, 0) is 18.6 Å². The Labute approximate surface area is 138 Å². The molecule has 0 aliphatic rings. The fourth-order valence-corrected chi connectivity index (χ4v) is 4.22. The predicted octanol–water partition coefficient (Wildman–Crippen LogP) is 3.48. The van der Waals surface area contributed by atoms with Gasteiger partial charge in [-0.1, -0.05) is 18.2 Å². The molecule has 0 spiro atoms. The molecule has 1 aromatic carbocycles. The van der Waals surface area contributed by atoms with Crippen LogP contribution in [-0.4, -0.2) is 36.5 Å². The summed E-state index contributed by atoms with van der Waals surface area (Å²) in [7, 11) is 2.99. The molecule has 0 saturated heterocycles. The first-order valence-corrected chi connectivity index (χ1v) is 8.19. The van der Waals surface area contributed by atoms with E-state index < -0.39 is 6.23 Å². The van der Waals surface area contributed by atoms with E-state index in [1.54, 1.807) is 7.11 Å². The molecule has 0 saturated carbocycles. The Kier molecular flexibility index (Phi) is 4.39. The lowest BCUT2D eigenvalue weighted by atomic mass is 10.1. The van der Waals surface area contributed by atoms with E-state index in [4.69, 9.17) is 9.47 Å². The number of aliphatic hydroxyl groups is 1. The highest BCUT2D eigenvalue weighted by molar-refractivity contribution is 7.21. The van der Waals surface area contributed by atoms with Gasteiger partial charge in [0.05, 0.1) is 19.2 Å². The number of esters is 1. The molecule has 23 heavy (non-hydrogen) atoms. The minimum atomic E-state index is -0.708. The van der Waals surface area contributed by atoms with Gasteiger partial charge in [0.15, 0.2) is 0 Å². The SMILES string of the molecule is COCCC(O)n1c2ccccc2c2c(C)c(C(=O)OC)sc21. The van der Waals surface area contributed by atoms with Crippen LogP contribution in [0.1, 0.15) is 27.9 Å². The number of carbonyl (C=O) groups excluding carboxylic acids is 1. The molecule has 0 aliphatic carbocycles. The summed E-state index contributed by atoms with van der Waals surface area (Å²) in [6.07, 6.45) is -0.227. The highest BCUT2D eigenvalue weighted by atomic mass is 32.1. The molecule has 5 nitrogen and oxygen atoms in total. The van der Waals surface area contributed by atoms with Gasteiger partial charge in [0.1, 0.15) is 15.9 Å². The lowest BCUT2D eigenvalue weighted by Crippen LogP contribution is -2.09. The summed E-state index contributed by atoms with van der Waals surface area (Å²) >= 11 is 1.36. The number of ether oxygens (including phenoxy) is 2. The van der Waals surface area contributed by atoms with Crippen LogP contribution in [0.4, 0.5) is 0 Å². The van der Waals surface area contributed by atoms with E-state index >= 15 is 0 Å². The standard InChI is InChI=1S/C17H19NO4S/c1-10-14-11-6-4-5-7-12(11)18(13(19)8-9-21-2)16(14)23-15(10)17(20)22-3/h4-7,13,19H,8-9H2,1-3H3. The average molecular weight is 333 g/mol. The number of carbonyl (C=O) groups is 1. The molecule has 1 N–H and O–H groups in total. The van der Waals surface area contributed by atoms with Crippen molar-refractivity contribution in [2.24, 2.45) is 0 Å². The first kappa shape index (κ1) is 16.0. The van der Waals surface area contributed by atoms with E-state index in [9.17, 15) is 9.90 Å². The number of hydrogen-bond donors (Lipinski definition) is 1. The van der Waals surface area contributed by atoms with Crippen molar-refractivity contribution in [3.63, 3.8) is 0 Å². The molecule has 0 amide bonds. The lowest BCUT2D eigenvalue weighted by molar-refractivity contribution is 0.0604. The van der Waals surface area contributed by atoms with Gasteiger partial charge in [-0.3, -0.25) is 0 Å². The molecule has 1 atom stereocenters. The van der Waals surface area contributed by atoms with Crippen LogP contribution in [0.25, 0.3) is 21.1 Å². The quantitative estimate of drug-likeness (QED) is 0.726. The second-order valence-corrected chi connectivity index (χ2v) is 6.38. The van der Waals surface area contributed by atoms with Crippen molar-refractivity contribution in [1.82, 2.24) is 4.57 Å². The average Bonchev–Trinajstić information content (AvgIpc) is 3.06. The Bertz CT molecular complexity index is 864. The Morgan fingerprint density at radius 1 is 1.35 bits per heavy atom. The van der Waals surface area contributed by atoms with E-state index in [0.29, 0.717) is 17.9 Å². The number of aryl methyl sites for hydroxylation is 1. The molecule has 0 bridgehead atoms. The molecule has 6 heteroatoms. The number of para-hydroxylation sites is 1. The Balaban J connectivity index is 2.29. The number of rotatable bonds is 5. The molecule has 1 unspecified atom stereocenters. The van der Waals surface area contributed by atoms with E-state index in [-0.39, 0.29) is 5.97 Å². The van der Waals surface area contributed by atoms with Crippen LogP contribution < -0.4 is 0 Å². The molecule has 2 aromatic heterocycles. The van der Waals surface area contributed by atoms with Crippen LogP contribution in [-0.2, 0) is 9.47 Å². The Hall–Kier alpha value is -1.89. The highest BCUT2D eigenvalue weighted by Gasteiger charge is 2.24. The van der Waals surface area contributed by atoms with Gasteiger partial charge < -0.3 is 19.1 Å². The van der Waals surface area contributed by atoms with Gasteiger partial charge >= 0.3 is 5.97 Å². The first-order chi connectivity index (χ1) is 11.1. The molecule has 2 heterocycles. The summed E-state index contributed by atoms with van der Waals surface area (Å²) in [5.41, 5.74) is 1.85. The van der Waals surface area contributed by atoms with Crippen LogP contribution in [0.3, 0.4) is 0 Å². The molecule has 0 fully saturated rings. The van der Waals surface area contributed by atoms with Crippen molar-refractivity contribution >= 4 is 38.4 Å². The number of hydrogen-bond acceptors (Lipinski definition) is 5. The first-order valence-electron chi connectivity index (χ1n) is 7.37. The summed E-state index contributed by atoms with van der Waals surface area (Å²) in [6.45, 7) is 2.38. The summed E-state index contributed by atoms with van der Waals surface area (Å²) < 4.78 is 11.8. The third-order valence-electron chi connectivity index (χ3n) is 4.03. The lowest BCUT2D eigenvalue weighted by Gasteiger charge is -2.14. The van der Waals surface area contributed by atoms with Crippen LogP contribution >= 0.6 is 11.3 Å². The minimum absolute atomic E-state index is 0.342. The van der Waals surface area contributed by atoms with Crippen molar-refractivity contribution in [3.8, 4) is 0 Å². The zero-order chi connectivity index (χ0) is 16.6. The zero-order valence-electron chi connectivity index (χ0n) is 13.3.